The van der Waals surface area contributed by atoms with Gasteiger partial charge in [0.15, 0.2) is 0 Å². The second kappa shape index (κ2) is 9.74. The number of hydrogen-bond acceptors (Lipinski definition) is 3. The van der Waals surface area contributed by atoms with Crippen molar-refractivity contribution < 1.29 is 14.3 Å². The number of esters is 1. The highest BCUT2D eigenvalue weighted by Gasteiger charge is 2.08. The van der Waals surface area contributed by atoms with Crippen LogP contribution in [-0.4, -0.2) is 44.1 Å². The van der Waals surface area contributed by atoms with E-state index < -0.39 is 0 Å². The lowest BCUT2D eigenvalue weighted by atomic mass is 10.1. The minimum atomic E-state index is -0.199. The Hall–Kier alpha value is -1.26. The van der Waals surface area contributed by atoms with E-state index in [-0.39, 0.29) is 12.0 Å². The number of hydrogen-bond donors (Lipinski definition) is 1. The lowest BCUT2D eigenvalue weighted by Gasteiger charge is -2.18. The van der Waals surface area contributed by atoms with Crippen molar-refractivity contribution in [3.63, 3.8) is 0 Å². The zero-order valence-electron chi connectivity index (χ0n) is 12.0. The van der Waals surface area contributed by atoms with Gasteiger partial charge < -0.3 is 15.0 Å². The van der Waals surface area contributed by atoms with Crippen LogP contribution >= 0.6 is 0 Å². The zero-order chi connectivity index (χ0) is 14.0. The van der Waals surface area contributed by atoms with Crippen molar-refractivity contribution in [2.24, 2.45) is 5.92 Å². The molecule has 0 spiro atoms. The molecule has 0 bridgehead atoms. The predicted octanol–water partition coefficient (Wildman–Crippen LogP) is 2.02. The van der Waals surface area contributed by atoms with Gasteiger partial charge in [-0.15, -0.1) is 0 Å². The van der Waals surface area contributed by atoms with Crippen LogP contribution in [0.4, 0.5) is 4.79 Å². The standard InChI is InChI=1S/C13H26N2O3/c1-11(2)8-10-15(3)13(17)14-9-6-5-7-12(16)18-4/h11H,5-10H2,1-4H3,(H,14,17). The molecule has 18 heavy (non-hydrogen) atoms. The van der Waals surface area contributed by atoms with Crippen LogP contribution in [-0.2, 0) is 9.53 Å². The van der Waals surface area contributed by atoms with Gasteiger partial charge in [0.25, 0.3) is 0 Å². The molecule has 0 saturated carbocycles. The average Bonchev–Trinajstić information content (AvgIpc) is 2.34. The van der Waals surface area contributed by atoms with E-state index in [9.17, 15) is 9.59 Å². The summed E-state index contributed by atoms with van der Waals surface area (Å²) in [7, 11) is 3.18. The average molecular weight is 258 g/mol. The topological polar surface area (TPSA) is 58.6 Å². The van der Waals surface area contributed by atoms with Gasteiger partial charge >= 0.3 is 12.0 Å². The van der Waals surface area contributed by atoms with Crippen molar-refractivity contribution in [2.75, 3.05) is 27.2 Å². The molecule has 106 valence electrons. The Balaban J connectivity index is 3.54. The summed E-state index contributed by atoms with van der Waals surface area (Å²) in [6.45, 7) is 5.64. The largest absolute Gasteiger partial charge is 0.469 e. The fraction of sp³-hybridized carbons (Fsp3) is 0.846. The molecule has 0 heterocycles. The molecule has 0 atom stereocenters. The van der Waals surface area contributed by atoms with E-state index in [1.807, 2.05) is 0 Å². The Morgan fingerprint density at radius 1 is 1.28 bits per heavy atom. The van der Waals surface area contributed by atoms with E-state index in [0.717, 1.165) is 25.8 Å². The third kappa shape index (κ3) is 8.84. The summed E-state index contributed by atoms with van der Waals surface area (Å²) in [5.41, 5.74) is 0. The van der Waals surface area contributed by atoms with Gasteiger partial charge in [0, 0.05) is 26.6 Å². The summed E-state index contributed by atoms with van der Waals surface area (Å²) in [4.78, 5) is 24.2. The van der Waals surface area contributed by atoms with Gasteiger partial charge in [-0.2, -0.15) is 0 Å². The molecule has 0 rings (SSSR count). The molecular formula is C13H26N2O3. The molecule has 1 N–H and O–H groups in total. The molecule has 0 fully saturated rings. The summed E-state index contributed by atoms with van der Waals surface area (Å²) in [5.74, 6) is 0.399. The van der Waals surface area contributed by atoms with Crippen molar-refractivity contribution in [3.05, 3.63) is 0 Å². The van der Waals surface area contributed by atoms with Crippen molar-refractivity contribution in [2.45, 2.75) is 39.5 Å². The monoisotopic (exact) mass is 258 g/mol. The molecule has 0 unspecified atom stereocenters. The maximum absolute atomic E-state index is 11.6. The van der Waals surface area contributed by atoms with Crippen LogP contribution in [0.1, 0.15) is 39.5 Å². The van der Waals surface area contributed by atoms with Gasteiger partial charge in [0.2, 0.25) is 0 Å². The normalized spacial score (nSPS) is 10.3. The van der Waals surface area contributed by atoms with Crippen molar-refractivity contribution >= 4 is 12.0 Å². The third-order valence-corrected chi connectivity index (χ3v) is 2.70. The van der Waals surface area contributed by atoms with E-state index in [4.69, 9.17) is 0 Å². The van der Waals surface area contributed by atoms with Gasteiger partial charge in [-0.3, -0.25) is 4.79 Å². The van der Waals surface area contributed by atoms with E-state index in [2.05, 4.69) is 23.9 Å². The summed E-state index contributed by atoms with van der Waals surface area (Å²) < 4.78 is 4.54. The van der Waals surface area contributed by atoms with Crippen LogP contribution in [0, 0.1) is 5.92 Å². The number of methoxy groups -OCH3 is 1. The first-order valence-corrected chi connectivity index (χ1v) is 6.53. The molecule has 0 saturated heterocycles. The molecular weight excluding hydrogens is 232 g/mol. The maximum Gasteiger partial charge on any atom is 0.317 e. The minimum Gasteiger partial charge on any atom is -0.469 e. The second-order valence-corrected chi connectivity index (χ2v) is 4.87. The Bertz CT molecular complexity index is 255. The fourth-order valence-electron chi connectivity index (χ4n) is 1.38. The lowest BCUT2D eigenvalue weighted by molar-refractivity contribution is -0.140. The van der Waals surface area contributed by atoms with Crippen LogP contribution in [0.2, 0.25) is 0 Å². The van der Waals surface area contributed by atoms with E-state index in [0.29, 0.717) is 18.9 Å². The van der Waals surface area contributed by atoms with Crippen LogP contribution in [0.3, 0.4) is 0 Å². The van der Waals surface area contributed by atoms with Gasteiger partial charge in [0.1, 0.15) is 0 Å². The number of carbonyl (C=O) groups is 2. The smallest absolute Gasteiger partial charge is 0.317 e. The zero-order valence-corrected chi connectivity index (χ0v) is 12.0. The number of ether oxygens (including phenoxy) is 1. The van der Waals surface area contributed by atoms with Crippen LogP contribution in [0.15, 0.2) is 0 Å². The van der Waals surface area contributed by atoms with Crippen LogP contribution < -0.4 is 5.32 Å². The van der Waals surface area contributed by atoms with Gasteiger partial charge in [0.05, 0.1) is 7.11 Å². The number of nitrogens with zero attached hydrogens (tertiary/aromatic N) is 1. The second-order valence-electron chi connectivity index (χ2n) is 4.87. The van der Waals surface area contributed by atoms with Crippen molar-refractivity contribution in [1.82, 2.24) is 10.2 Å². The predicted molar refractivity (Wildman–Crippen MR) is 71.4 cm³/mol. The molecule has 0 aromatic rings. The quantitative estimate of drug-likeness (QED) is 0.535. The van der Waals surface area contributed by atoms with E-state index >= 15 is 0 Å². The number of rotatable bonds is 8. The summed E-state index contributed by atoms with van der Waals surface area (Å²) >= 11 is 0. The molecule has 2 amide bonds. The number of amides is 2. The van der Waals surface area contributed by atoms with Crippen molar-refractivity contribution in [3.8, 4) is 0 Å². The molecule has 0 aromatic heterocycles. The van der Waals surface area contributed by atoms with Crippen LogP contribution in [0.5, 0.6) is 0 Å². The molecule has 0 radical (unpaired) electrons. The Labute approximate surface area is 110 Å². The van der Waals surface area contributed by atoms with Crippen molar-refractivity contribution in [1.29, 1.82) is 0 Å². The highest BCUT2D eigenvalue weighted by molar-refractivity contribution is 5.73. The highest BCUT2D eigenvalue weighted by Crippen LogP contribution is 2.01. The molecule has 5 nitrogen and oxygen atoms in total. The molecule has 0 aromatic carbocycles. The maximum atomic E-state index is 11.6. The summed E-state index contributed by atoms with van der Waals surface area (Å²) in [5, 5.41) is 2.83. The molecule has 0 aliphatic carbocycles. The molecule has 0 aliphatic rings. The number of carbonyl (C=O) groups excluding carboxylic acids is 2. The fourth-order valence-corrected chi connectivity index (χ4v) is 1.38. The molecule has 0 aliphatic heterocycles. The number of unbranched alkanes of at least 4 members (excludes halogenated alkanes) is 1. The third-order valence-electron chi connectivity index (χ3n) is 2.70. The first-order valence-electron chi connectivity index (χ1n) is 6.53. The van der Waals surface area contributed by atoms with Gasteiger partial charge in [-0.25, -0.2) is 4.79 Å². The summed E-state index contributed by atoms with van der Waals surface area (Å²) in [6, 6.07) is -0.0475. The minimum absolute atomic E-state index is 0.0475. The highest BCUT2D eigenvalue weighted by atomic mass is 16.5. The van der Waals surface area contributed by atoms with E-state index in [1.54, 1.807) is 11.9 Å². The van der Waals surface area contributed by atoms with Gasteiger partial charge in [-0.1, -0.05) is 13.8 Å². The SMILES string of the molecule is COC(=O)CCCCNC(=O)N(C)CCC(C)C. The first kappa shape index (κ1) is 16.7. The summed E-state index contributed by atoms with van der Waals surface area (Å²) in [6.07, 6.45) is 2.95. The Kier molecular flexibility index (Phi) is 9.06. The molecule has 5 heteroatoms. The van der Waals surface area contributed by atoms with E-state index in [1.165, 1.54) is 7.11 Å². The first-order chi connectivity index (χ1) is 8.47. The lowest BCUT2D eigenvalue weighted by Crippen LogP contribution is -2.38. The number of nitrogens with one attached hydrogen (secondary N) is 1. The Morgan fingerprint density at radius 2 is 1.94 bits per heavy atom. The number of urea groups is 1. The Morgan fingerprint density at radius 3 is 2.50 bits per heavy atom. The van der Waals surface area contributed by atoms with Crippen LogP contribution in [0.25, 0.3) is 0 Å². The van der Waals surface area contributed by atoms with Gasteiger partial charge in [-0.05, 0) is 25.2 Å².